The zero-order valence-corrected chi connectivity index (χ0v) is 15.3. The van der Waals surface area contributed by atoms with Gasteiger partial charge < -0.3 is 21.1 Å². The summed E-state index contributed by atoms with van der Waals surface area (Å²) in [5.41, 5.74) is 8.78. The Morgan fingerprint density at radius 3 is 2.89 bits per heavy atom. The Bertz CT molecular complexity index is 1120. The largest absolute Gasteiger partial charge is 0.495 e. The van der Waals surface area contributed by atoms with E-state index >= 15 is 0 Å². The molecule has 1 aromatic carbocycles. The van der Waals surface area contributed by atoms with E-state index in [-0.39, 0.29) is 0 Å². The quantitative estimate of drug-likeness (QED) is 0.472. The molecule has 0 saturated carbocycles. The lowest BCUT2D eigenvalue weighted by atomic mass is 10.1. The summed E-state index contributed by atoms with van der Waals surface area (Å²) in [4.78, 5) is 17.2. The van der Waals surface area contributed by atoms with Gasteiger partial charge in [-0.1, -0.05) is 12.1 Å². The van der Waals surface area contributed by atoms with Crippen molar-refractivity contribution in [3.8, 4) is 5.75 Å². The highest BCUT2D eigenvalue weighted by atomic mass is 16.5. The predicted molar refractivity (Wildman–Crippen MR) is 110 cm³/mol. The summed E-state index contributed by atoms with van der Waals surface area (Å²) >= 11 is 0. The summed E-state index contributed by atoms with van der Waals surface area (Å²) in [5, 5.41) is 7.48. The van der Waals surface area contributed by atoms with Gasteiger partial charge in [0.25, 0.3) is 0 Å². The highest BCUT2D eigenvalue weighted by Crippen LogP contribution is 2.22. The van der Waals surface area contributed by atoms with Crippen molar-refractivity contribution < 1.29 is 4.74 Å². The van der Waals surface area contributed by atoms with Gasteiger partial charge in [0.15, 0.2) is 17.5 Å². The third kappa shape index (κ3) is 3.90. The maximum atomic E-state index is 5.98. The number of nitrogen functional groups attached to an aromatic ring is 1. The second-order valence-electron chi connectivity index (χ2n) is 6.11. The van der Waals surface area contributed by atoms with Crippen molar-refractivity contribution in [3.05, 3.63) is 66.7 Å². The number of hydrogen-bond acceptors (Lipinski definition) is 8. The van der Waals surface area contributed by atoms with Crippen LogP contribution in [0.15, 0.2) is 61.2 Å². The number of methoxy groups -OCH3 is 1. The molecule has 0 aliphatic heterocycles. The number of fused-ring (bicyclic) bond motifs is 1. The molecule has 8 nitrogen and oxygen atoms in total. The van der Waals surface area contributed by atoms with Crippen LogP contribution in [0.4, 0.5) is 23.1 Å². The molecular formula is C20H19N7O. The summed E-state index contributed by atoms with van der Waals surface area (Å²) in [5.74, 6) is 2.04. The molecule has 0 bridgehead atoms. The van der Waals surface area contributed by atoms with Gasteiger partial charge in [0.05, 0.1) is 36.9 Å². The summed E-state index contributed by atoms with van der Waals surface area (Å²) in [7, 11) is 1.59. The first-order valence-electron chi connectivity index (χ1n) is 8.67. The molecule has 0 radical (unpaired) electrons. The maximum Gasteiger partial charge on any atom is 0.171 e. The van der Waals surface area contributed by atoms with Crippen molar-refractivity contribution in [2.75, 3.05) is 23.5 Å². The number of hydrogen-bond donors (Lipinski definition) is 3. The Hall–Kier alpha value is -3.94. The standard InChI is InChI=1S/C20H19N7O/c1-28-16-8-15(10-22-11-16)26-18-12-24-19(21)20(27-18)25-9-13-4-5-17-14(7-13)3-2-6-23-17/h2-8,10-12H,9H2,1H3,(H2,21,24)(H2,25,26,27). The number of nitrogens with zero attached hydrogens (tertiary/aromatic N) is 4. The van der Waals surface area contributed by atoms with E-state index in [1.54, 1.807) is 31.9 Å². The molecule has 4 N–H and O–H groups in total. The van der Waals surface area contributed by atoms with E-state index in [2.05, 4.69) is 36.6 Å². The summed E-state index contributed by atoms with van der Waals surface area (Å²) in [6.07, 6.45) is 6.66. The van der Waals surface area contributed by atoms with Gasteiger partial charge in [-0.2, -0.15) is 0 Å². The van der Waals surface area contributed by atoms with Crippen molar-refractivity contribution in [2.24, 2.45) is 0 Å². The predicted octanol–water partition coefficient (Wildman–Crippen LogP) is 3.37. The molecule has 0 atom stereocenters. The minimum Gasteiger partial charge on any atom is -0.495 e. The molecule has 0 unspecified atom stereocenters. The van der Waals surface area contributed by atoms with Crippen molar-refractivity contribution in [1.29, 1.82) is 0 Å². The Morgan fingerprint density at radius 2 is 2.00 bits per heavy atom. The highest BCUT2D eigenvalue weighted by Gasteiger charge is 2.06. The average molecular weight is 373 g/mol. The van der Waals surface area contributed by atoms with E-state index in [9.17, 15) is 0 Å². The van der Waals surface area contributed by atoms with Crippen molar-refractivity contribution in [3.63, 3.8) is 0 Å². The van der Waals surface area contributed by atoms with Crippen LogP contribution >= 0.6 is 0 Å². The fourth-order valence-corrected chi connectivity index (χ4v) is 2.76. The Balaban J connectivity index is 1.50. The van der Waals surface area contributed by atoms with Gasteiger partial charge in [-0.15, -0.1) is 0 Å². The molecule has 0 aliphatic carbocycles. The van der Waals surface area contributed by atoms with Gasteiger partial charge >= 0.3 is 0 Å². The van der Waals surface area contributed by atoms with Gasteiger partial charge in [0.2, 0.25) is 0 Å². The van der Waals surface area contributed by atoms with Crippen LogP contribution in [-0.2, 0) is 6.54 Å². The van der Waals surface area contributed by atoms with Gasteiger partial charge in [-0.25, -0.2) is 9.97 Å². The zero-order chi connectivity index (χ0) is 19.3. The topological polar surface area (TPSA) is 111 Å². The van der Waals surface area contributed by atoms with E-state index < -0.39 is 0 Å². The number of ether oxygens (including phenoxy) is 1. The van der Waals surface area contributed by atoms with Crippen molar-refractivity contribution in [2.45, 2.75) is 6.54 Å². The van der Waals surface area contributed by atoms with Crippen LogP contribution in [0.5, 0.6) is 5.75 Å². The number of rotatable bonds is 6. The zero-order valence-electron chi connectivity index (χ0n) is 15.3. The molecule has 3 aromatic heterocycles. The first-order valence-corrected chi connectivity index (χ1v) is 8.67. The average Bonchev–Trinajstić information content (AvgIpc) is 2.74. The number of nitrogens with one attached hydrogen (secondary N) is 2. The molecule has 0 fully saturated rings. The normalized spacial score (nSPS) is 10.6. The van der Waals surface area contributed by atoms with Gasteiger partial charge in [-0.3, -0.25) is 9.97 Å². The van der Waals surface area contributed by atoms with Gasteiger partial charge in [0, 0.05) is 24.2 Å². The highest BCUT2D eigenvalue weighted by molar-refractivity contribution is 5.79. The molecule has 28 heavy (non-hydrogen) atoms. The lowest BCUT2D eigenvalue weighted by Crippen LogP contribution is -2.08. The van der Waals surface area contributed by atoms with E-state index in [4.69, 9.17) is 10.5 Å². The van der Waals surface area contributed by atoms with E-state index in [1.807, 2.05) is 30.3 Å². The number of nitrogens with two attached hydrogens (primary N) is 1. The van der Waals surface area contributed by atoms with Crippen LogP contribution in [0.3, 0.4) is 0 Å². The second kappa shape index (κ2) is 7.75. The SMILES string of the molecule is COc1cncc(Nc2cnc(N)c(NCc3ccc4ncccc4c3)n2)c1. The molecule has 0 amide bonds. The van der Waals surface area contributed by atoms with Crippen LogP contribution in [0, 0.1) is 0 Å². The molecule has 3 heterocycles. The molecule has 0 saturated heterocycles. The van der Waals surface area contributed by atoms with E-state index in [0.29, 0.717) is 29.7 Å². The third-order valence-electron chi connectivity index (χ3n) is 4.15. The first kappa shape index (κ1) is 17.5. The van der Waals surface area contributed by atoms with Crippen molar-refractivity contribution in [1.82, 2.24) is 19.9 Å². The third-order valence-corrected chi connectivity index (χ3v) is 4.15. The summed E-state index contributed by atoms with van der Waals surface area (Å²) in [6.45, 7) is 0.563. The summed E-state index contributed by atoms with van der Waals surface area (Å²) < 4.78 is 5.18. The van der Waals surface area contributed by atoms with Crippen molar-refractivity contribution >= 4 is 34.0 Å². The van der Waals surface area contributed by atoms with Crippen LogP contribution in [-0.4, -0.2) is 27.0 Å². The minimum absolute atomic E-state index is 0.330. The first-order chi connectivity index (χ1) is 13.7. The van der Waals surface area contributed by atoms with E-state index in [1.165, 1.54) is 0 Å². The monoisotopic (exact) mass is 373 g/mol. The van der Waals surface area contributed by atoms with Gasteiger partial charge in [-0.05, 0) is 23.8 Å². The number of anilines is 4. The molecule has 4 aromatic rings. The molecule has 0 spiro atoms. The van der Waals surface area contributed by atoms with Crippen LogP contribution < -0.4 is 21.1 Å². The van der Waals surface area contributed by atoms with Crippen LogP contribution in [0.2, 0.25) is 0 Å². The van der Waals surface area contributed by atoms with Gasteiger partial charge in [0.1, 0.15) is 5.75 Å². The lowest BCUT2D eigenvalue weighted by molar-refractivity contribution is 0.413. The fraction of sp³-hybridized carbons (Fsp3) is 0.100. The molecule has 8 heteroatoms. The Kier molecular flexibility index (Phi) is 4.83. The van der Waals surface area contributed by atoms with E-state index in [0.717, 1.165) is 22.2 Å². The second-order valence-corrected chi connectivity index (χ2v) is 6.11. The minimum atomic E-state index is 0.330. The Labute approximate surface area is 161 Å². The number of pyridine rings is 2. The molecule has 4 rings (SSSR count). The smallest absolute Gasteiger partial charge is 0.171 e. The summed E-state index contributed by atoms with van der Waals surface area (Å²) in [6, 6.07) is 11.9. The lowest BCUT2D eigenvalue weighted by Gasteiger charge is -2.11. The Morgan fingerprint density at radius 1 is 1.07 bits per heavy atom. The fourth-order valence-electron chi connectivity index (χ4n) is 2.76. The number of aromatic nitrogens is 4. The number of benzene rings is 1. The molecule has 0 aliphatic rings. The van der Waals surface area contributed by atoms with Crippen LogP contribution in [0.25, 0.3) is 10.9 Å². The molecular weight excluding hydrogens is 354 g/mol. The molecule has 140 valence electrons. The van der Waals surface area contributed by atoms with Crippen LogP contribution in [0.1, 0.15) is 5.56 Å². The maximum absolute atomic E-state index is 5.98.